The predicted molar refractivity (Wildman–Crippen MR) is 104 cm³/mol. The van der Waals surface area contributed by atoms with Crippen molar-refractivity contribution in [1.82, 2.24) is 14.5 Å². The summed E-state index contributed by atoms with van der Waals surface area (Å²) in [5.74, 6) is 1.93. The molecule has 1 aliphatic heterocycles. The van der Waals surface area contributed by atoms with Gasteiger partial charge in [0, 0.05) is 12.3 Å². The minimum Gasteiger partial charge on any atom is -0.485 e. The van der Waals surface area contributed by atoms with Gasteiger partial charge in [-0.15, -0.1) is 0 Å². The summed E-state index contributed by atoms with van der Waals surface area (Å²) in [7, 11) is 0. The maximum Gasteiger partial charge on any atom is 0.270 e. The number of hydrogen-bond acceptors (Lipinski definition) is 5. The van der Waals surface area contributed by atoms with Crippen LogP contribution in [-0.2, 0) is 4.79 Å². The van der Waals surface area contributed by atoms with Crippen molar-refractivity contribution in [2.45, 2.75) is 6.10 Å². The summed E-state index contributed by atoms with van der Waals surface area (Å²) in [6, 6.07) is 19.0. The molecule has 28 heavy (non-hydrogen) atoms. The first-order chi connectivity index (χ1) is 13.8. The number of carbonyl (C=O) groups excluding carboxylic acids is 1. The van der Waals surface area contributed by atoms with Crippen LogP contribution >= 0.6 is 0 Å². The fraction of sp³-hybridized carbons (Fsp3) is 0.0952. The molecule has 5 rings (SSSR count). The fourth-order valence-electron chi connectivity index (χ4n) is 3.19. The first kappa shape index (κ1) is 16.3. The molecule has 7 nitrogen and oxygen atoms in total. The van der Waals surface area contributed by atoms with Crippen LogP contribution in [0.3, 0.4) is 0 Å². The van der Waals surface area contributed by atoms with E-state index < -0.39 is 6.10 Å². The molecule has 2 aromatic carbocycles. The summed E-state index contributed by atoms with van der Waals surface area (Å²) >= 11 is 0. The summed E-state index contributed by atoms with van der Waals surface area (Å²) in [5, 5.41) is 3.89. The second kappa shape index (κ2) is 6.70. The van der Waals surface area contributed by atoms with E-state index >= 15 is 0 Å². The molecule has 1 unspecified atom stereocenters. The molecule has 7 heteroatoms. The van der Waals surface area contributed by atoms with Crippen LogP contribution in [0.1, 0.15) is 0 Å². The number of fused-ring (bicyclic) bond motifs is 2. The lowest BCUT2D eigenvalue weighted by molar-refractivity contribution is -0.125. The molecule has 2 aromatic heterocycles. The number of para-hydroxylation sites is 3. The predicted octanol–water partition coefficient (Wildman–Crippen LogP) is 3.20. The Labute approximate surface area is 160 Å². The van der Waals surface area contributed by atoms with Crippen molar-refractivity contribution in [1.29, 1.82) is 0 Å². The summed E-state index contributed by atoms with van der Waals surface area (Å²) in [4.78, 5) is 21.1. The molecule has 0 saturated heterocycles. The van der Waals surface area contributed by atoms with Gasteiger partial charge in [-0.3, -0.25) is 4.79 Å². The molecule has 0 saturated carbocycles. The van der Waals surface area contributed by atoms with Crippen LogP contribution in [0.5, 0.6) is 11.5 Å². The van der Waals surface area contributed by atoms with Gasteiger partial charge in [0.25, 0.3) is 5.91 Å². The van der Waals surface area contributed by atoms with Gasteiger partial charge in [0.2, 0.25) is 6.10 Å². The maximum atomic E-state index is 12.6. The van der Waals surface area contributed by atoms with E-state index in [4.69, 9.17) is 9.47 Å². The van der Waals surface area contributed by atoms with Gasteiger partial charge in [-0.1, -0.05) is 30.3 Å². The summed E-state index contributed by atoms with van der Waals surface area (Å²) in [6.45, 7) is 0.142. The quantitative estimate of drug-likeness (QED) is 0.598. The van der Waals surface area contributed by atoms with Gasteiger partial charge in [-0.05, 0) is 29.7 Å². The van der Waals surface area contributed by atoms with Gasteiger partial charge < -0.3 is 19.4 Å². The van der Waals surface area contributed by atoms with Crippen molar-refractivity contribution < 1.29 is 14.3 Å². The Morgan fingerprint density at radius 1 is 1.04 bits per heavy atom. The van der Waals surface area contributed by atoms with Crippen molar-refractivity contribution in [3.8, 4) is 17.3 Å². The number of anilines is 1. The number of nitrogens with one attached hydrogen (secondary N) is 1. The van der Waals surface area contributed by atoms with Crippen molar-refractivity contribution in [3.05, 3.63) is 73.2 Å². The van der Waals surface area contributed by atoms with Gasteiger partial charge in [-0.25, -0.2) is 9.97 Å². The molecular formula is C21H16N4O3. The lowest BCUT2D eigenvalue weighted by atomic mass is 10.2. The number of carbonyl (C=O) groups is 1. The second-order valence-electron chi connectivity index (χ2n) is 6.36. The normalized spacial score (nSPS) is 15.4. The number of hydrogen-bond donors (Lipinski definition) is 1. The van der Waals surface area contributed by atoms with E-state index in [9.17, 15) is 4.79 Å². The zero-order valence-electron chi connectivity index (χ0n) is 14.8. The highest BCUT2D eigenvalue weighted by atomic mass is 16.6. The van der Waals surface area contributed by atoms with E-state index in [1.165, 1.54) is 6.33 Å². The van der Waals surface area contributed by atoms with Gasteiger partial charge in [0.05, 0.1) is 5.52 Å². The van der Waals surface area contributed by atoms with Crippen LogP contribution < -0.4 is 14.8 Å². The third kappa shape index (κ3) is 2.92. The monoisotopic (exact) mass is 372 g/mol. The van der Waals surface area contributed by atoms with Gasteiger partial charge in [0.15, 0.2) is 11.5 Å². The van der Waals surface area contributed by atoms with Crippen molar-refractivity contribution in [2.24, 2.45) is 0 Å². The number of ether oxygens (including phenoxy) is 2. The Morgan fingerprint density at radius 3 is 2.79 bits per heavy atom. The van der Waals surface area contributed by atoms with Crippen LogP contribution in [0.25, 0.3) is 16.7 Å². The Bertz CT molecular complexity index is 1170. The minimum atomic E-state index is -0.749. The highest BCUT2D eigenvalue weighted by molar-refractivity contribution is 5.94. The molecule has 0 bridgehead atoms. The Hall–Kier alpha value is -3.87. The smallest absolute Gasteiger partial charge is 0.270 e. The van der Waals surface area contributed by atoms with Gasteiger partial charge >= 0.3 is 0 Å². The molecule has 0 aliphatic carbocycles. The number of nitrogens with zero attached hydrogens (tertiary/aromatic N) is 3. The molecule has 0 fully saturated rings. The zero-order chi connectivity index (χ0) is 18.9. The van der Waals surface area contributed by atoms with Crippen LogP contribution in [0, 0.1) is 0 Å². The maximum absolute atomic E-state index is 12.6. The van der Waals surface area contributed by atoms with Crippen molar-refractivity contribution in [2.75, 3.05) is 11.9 Å². The average Bonchev–Trinajstić information content (AvgIpc) is 3.18. The zero-order valence-corrected chi connectivity index (χ0v) is 14.8. The Kier molecular flexibility index (Phi) is 3.90. The minimum absolute atomic E-state index is 0.142. The van der Waals surface area contributed by atoms with Crippen molar-refractivity contribution in [3.63, 3.8) is 0 Å². The number of benzene rings is 2. The van der Waals surface area contributed by atoms with Crippen molar-refractivity contribution >= 4 is 22.6 Å². The third-order valence-electron chi connectivity index (χ3n) is 4.55. The molecule has 138 valence electrons. The van der Waals surface area contributed by atoms with Crippen LogP contribution in [0.4, 0.5) is 5.82 Å². The van der Waals surface area contributed by atoms with Crippen LogP contribution in [0.15, 0.2) is 73.2 Å². The SMILES string of the molecule is O=C(Nc1cc(-n2ccc3ccccc32)ncn1)C1COc2ccccc2O1. The molecule has 0 spiro atoms. The van der Waals surface area contributed by atoms with E-state index in [1.807, 2.05) is 59.3 Å². The summed E-state index contributed by atoms with van der Waals surface area (Å²) < 4.78 is 13.3. The average molecular weight is 372 g/mol. The van der Waals surface area contributed by atoms with E-state index in [0.717, 1.165) is 10.9 Å². The molecule has 1 N–H and O–H groups in total. The Balaban J connectivity index is 1.37. The van der Waals surface area contributed by atoms with Crippen LogP contribution in [0.2, 0.25) is 0 Å². The van der Waals surface area contributed by atoms with Gasteiger partial charge in [-0.2, -0.15) is 0 Å². The lowest BCUT2D eigenvalue weighted by Gasteiger charge is -2.25. The first-order valence-corrected chi connectivity index (χ1v) is 8.86. The van der Waals surface area contributed by atoms with Gasteiger partial charge in [0.1, 0.15) is 24.6 Å². The Morgan fingerprint density at radius 2 is 1.86 bits per heavy atom. The van der Waals surface area contributed by atoms with Crippen LogP contribution in [-0.4, -0.2) is 33.2 Å². The first-order valence-electron chi connectivity index (χ1n) is 8.86. The molecule has 0 radical (unpaired) electrons. The number of aromatic nitrogens is 3. The number of rotatable bonds is 3. The van der Waals surface area contributed by atoms with E-state index in [0.29, 0.717) is 23.1 Å². The third-order valence-corrected chi connectivity index (χ3v) is 4.55. The number of amides is 1. The summed E-state index contributed by atoms with van der Waals surface area (Å²) in [5.41, 5.74) is 1.03. The van der Waals surface area contributed by atoms with E-state index in [-0.39, 0.29) is 12.5 Å². The second-order valence-corrected chi connectivity index (χ2v) is 6.36. The molecular weight excluding hydrogens is 356 g/mol. The highest BCUT2D eigenvalue weighted by Gasteiger charge is 2.27. The largest absolute Gasteiger partial charge is 0.485 e. The molecule has 1 atom stereocenters. The topological polar surface area (TPSA) is 78.3 Å². The molecule has 4 aromatic rings. The van der Waals surface area contributed by atoms with E-state index in [2.05, 4.69) is 15.3 Å². The fourth-order valence-corrected chi connectivity index (χ4v) is 3.19. The summed E-state index contributed by atoms with van der Waals surface area (Å²) in [6.07, 6.45) is 2.61. The molecule has 1 amide bonds. The molecule has 3 heterocycles. The lowest BCUT2D eigenvalue weighted by Crippen LogP contribution is -2.40. The van der Waals surface area contributed by atoms with E-state index in [1.54, 1.807) is 12.1 Å². The molecule has 1 aliphatic rings. The highest BCUT2D eigenvalue weighted by Crippen LogP contribution is 2.31. The standard InChI is InChI=1S/C21H16N4O3/c26-21(18-12-27-16-7-3-4-8-17(16)28-18)24-19-11-20(23-13-22-19)25-10-9-14-5-1-2-6-15(14)25/h1-11,13,18H,12H2,(H,22,23,24,26).